The Labute approximate surface area is 332 Å². The van der Waals surface area contributed by atoms with Crippen molar-refractivity contribution in [2.45, 2.75) is 31.5 Å². The van der Waals surface area contributed by atoms with Gasteiger partial charge in [0, 0.05) is 25.6 Å². The van der Waals surface area contributed by atoms with E-state index in [-0.39, 0.29) is 17.6 Å². The fourth-order valence-corrected chi connectivity index (χ4v) is 9.92. The molecule has 0 radical (unpaired) electrons. The van der Waals surface area contributed by atoms with E-state index in [9.17, 15) is 0 Å². The highest BCUT2D eigenvalue weighted by atomic mass is 32.1. The van der Waals surface area contributed by atoms with Crippen molar-refractivity contribution in [3.05, 3.63) is 210 Å². The Kier molecular flexibility index (Phi) is 8.53. The van der Waals surface area contributed by atoms with Crippen LogP contribution in [0.4, 0.5) is 0 Å². The van der Waals surface area contributed by atoms with Crippen molar-refractivity contribution >= 4 is 48.4 Å². The molecule has 56 heavy (non-hydrogen) atoms. The number of nitrogens with one attached hydrogen (secondary N) is 1. The van der Waals surface area contributed by atoms with Crippen LogP contribution in [0.5, 0.6) is 0 Å². The fourth-order valence-electron chi connectivity index (χ4n) is 8.79. The van der Waals surface area contributed by atoms with Gasteiger partial charge in [-0.15, -0.1) is 11.3 Å². The first-order valence-corrected chi connectivity index (χ1v) is 20.3. The predicted molar refractivity (Wildman–Crippen MR) is 240 cm³/mol. The number of hydrogen-bond donors (Lipinski definition) is 2. The highest BCUT2D eigenvalue weighted by Crippen LogP contribution is 2.53. The summed E-state index contributed by atoms with van der Waals surface area (Å²) < 4.78 is 2.63. The third kappa shape index (κ3) is 5.97. The predicted octanol–water partition coefficient (Wildman–Crippen LogP) is 13.8. The summed E-state index contributed by atoms with van der Waals surface area (Å²) in [6.07, 6.45) is 4.12. The SMILES string of the molecule is CC1(C)c2cc3ccccc3cc2-c2c(-c3ccc(/C=C/C(NC(N)c4ccccc4)c4ccc(-c5cccc6sc7ccccc7c56)cc4)cc3)cccc21. The number of thiophene rings is 1. The van der Waals surface area contributed by atoms with Crippen LogP contribution in [-0.4, -0.2) is 0 Å². The van der Waals surface area contributed by atoms with Gasteiger partial charge in [-0.3, -0.25) is 5.32 Å². The van der Waals surface area contributed by atoms with Crippen LogP contribution >= 0.6 is 11.3 Å². The summed E-state index contributed by atoms with van der Waals surface area (Å²) in [6.45, 7) is 4.72. The van der Waals surface area contributed by atoms with Gasteiger partial charge < -0.3 is 5.73 Å². The standard InChI is InChI=1S/C53H42N2S/c1-53(2)45-19-10-17-41(50(45)44-32-39-14-6-7-15-40(39)33-46(44)53)35-25-22-34(23-26-35)24-31-47(55-52(54)38-12-4-3-5-13-38)37-29-27-36(28-30-37)42-18-11-21-49-51(42)43-16-8-9-20-48(43)56-49/h3-33,47,52,55H,54H2,1-2H3/b31-24+. The van der Waals surface area contributed by atoms with Crippen LogP contribution in [0.3, 0.4) is 0 Å². The van der Waals surface area contributed by atoms with Crippen molar-refractivity contribution in [2.75, 3.05) is 0 Å². The maximum Gasteiger partial charge on any atom is 0.0817 e. The van der Waals surface area contributed by atoms with E-state index in [2.05, 4.69) is 189 Å². The second-order valence-corrected chi connectivity index (χ2v) is 16.6. The van der Waals surface area contributed by atoms with Crippen molar-refractivity contribution in [2.24, 2.45) is 5.73 Å². The molecule has 3 N–H and O–H groups in total. The molecule has 0 aliphatic heterocycles. The summed E-state index contributed by atoms with van der Waals surface area (Å²) in [5, 5.41) is 8.93. The summed E-state index contributed by atoms with van der Waals surface area (Å²) in [7, 11) is 0. The molecule has 2 nitrogen and oxygen atoms in total. The van der Waals surface area contributed by atoms with Crippen molar-refractivity contribution in [1.29, 1.82) is 0 Å². The minimum absolute atomic E-state index is 0.0696. The van der Waals surface area contributed by atoms with E-state index in [1.54, 1.807) is 0 Å². The van der Waals surface area contributed by atoms with E-state index in [1.807, 2.05) is 29.5 Å². The molecule has 2 atom stereocenters. The van der Waals surface area contributed by atoms with Crippen LogP contribution in [0, 0.1) is 0 Å². The Morgan fingerprint density at radius 3 is 2.00 bits per heavy atom. The van der Waals surface area contributed by atoms with E-state index in [1.165, 1.54) is 75.5 Å². The van der Waals surface area contributed by atoms with E-state index in [0.29, 0.717) is 0 Å². The molecular formula is C53H42N2S. The van der Waals surface area contributed by atoms with Crippen LogP contribution in [0.25, 0.3) is 70.4 Å². The molecule has 2 unspecified atom stereocenters. The molecule has 0 fully saturated rings. The molecule has 0 bridgehead atoms. The summed E-state index contributed by atoms with van der Waals surface area (Å²) in [6, 6.07) is 63.8. The minimum Gasteiger partial charge on any atom is -0.312 e. The van der Waals surface area contributed by atoms with E-state index in [0.717, 1.165) is 16.7 Å². The first-order chi connectivity index (χ1) is 27.4. The summed E-state index contributed by atoms with van der Waals surface area (Å²) in [5.74, 6) is 0. The monoisotopic (exact) mass is 738 g/mol. The topological polar surface area (TPSA) is 38.0 Å². The largest absolute Gasteiger partial charge is 0.312 e. The van der Waals surface area contributed by atoms with Crippen molar-refractivity contribution < 1.29 is 0 Å². The van der Waals surface area contributed by atoms with Crippen LogP contribution in [0.1, 0.15) is 53.9 Å². The summed E-state index contributed by atoms with van der Waals surface area (Å²) >= 11 is 1.86. The summed E-state index contributed by atoms with van der Waals surface area (Å²) in [4.78, 5) is 0. The average molecular weight is 739 g/mol. The maximum absolute atomic E-state index is 6.80. The number of rotatable bonds is 8. The number of hydrogen-bond acceptors (Lipinski definition) is 3. The Balaban J connectivity index is 0.974. The lowest BCUT2D eigenvalue weighted by atomic mass is 9.81. The molecule has 1 aliphatic carbocycles. The number of fused-ring (bicyclic) bond motifs is 7. The van der Waals surface area contributed by atoms with Gasteiger partial charge in [0.1, 0.15) is 0 Å². The highest BCUT2D eigenvalue weighted by molar-refractivity contribution is 7.25. The molecule has 0 saturated heterocycles. The van der Waals surface area contributed by atoms with Gasteiger partial charge >= 0.3 is 0 Å². The molecule has 0 spiro atoms. The second-order valence-electron chi connectivity index (χ2n) is 15.5. The molecule has 0 saturated carbocycles. The Morgan fingerprint density at radius 1 is 0.554 bits per heavy atom. The normalized spacial score (nSPS) is 14.3. The third-order valence-corrected chi connectivity index (χ3v) is 12.9. The molecule has 3 heteroatoms. The van der Waals surface area contributed by atoms with Gasteiger partial charge in [-0.1, -0.05) is 178 Å². The van der Waals surface area contributed by atoms with Gasteiger partial charge in [0.2, 0.25) is 0 Å². The molecule has 1 aromatic heterocycles. The molecule has 270 valence electrons. The van der Waals surface area contributed by atoms with Gasteiger partial charge in [-0.05, 0) is 96.2 Å². The average Bonchev–Trinajstić information content (AvgIpc) is 3.74. The van der Waals surface area contributed by atoms with E-state index >= 15 is 0 Å². The summed E-state index contributed by atoms with van der Waals surface area (Å²) in [5.41, 5.74) is 20.5. The molecule has 1 heterocycles. The maximum atomic E-state index is 6.80. The van der Waals surface area contributed by atoms with Crippen molar-refractivity contribution in [3.8, 4) is 33.4 Å². The van der Waals surface area contributed by atoms with Crippen LogP contribution < -0.4 is 11.1 Å². The van der Waals surface area contributed by atoms with Gasteiger partial charge in [-0.25, -0.2) is 0 Å². The quantitative estimate of drug-likeness (QED) is 0.152. The number of benzene rings is 8. The van der Waals surface area contributed by atoms with Crippen molar-refractivity contribution in [3.63, 3.8) is 0 Å². The smallest absolute Gasteiger partial charge is 0.0817 e. The molecule has 10 rings (SSSR count). The van der Waals surface area contributed by atoms with Crippen molar-refractivity contribution in [1.82, 2.24) is 5.32 Å². The zero-order valence-corrected chi connectivity index (χ0v) is 32.4. The molecule has 9 aromatic rings. The highest BCUT2D eigenvalue weighted by Gasteiger charge is 2.37. The van der Waals surface area contributed by atoms with Crippen LogP contribution in [0.15, 0.2) is 182 Å². The Bertz CT molecular complexity index is 2920. The first-order valence-electron chi connectivity index (χ1n) is 19.5. The minimum atomic E-state index is -0.330. The Hall–Kier alpha value is -6.10. The second kappa shape index (κ2) is 13.9. The van der Waals surface area contributed by atoms with Crippen LogP contribution in [0.2, 0.25) is 0 Å². The van der Waals surface area contributed by atoms with Gasteiger partial charge in [0.25, 0.3) is 0 Å². The zero-order chi connectivity index (χ0) is 37.8. The Morgan fingerprint density at radius 2 is 1.20 bits per heavy atom. The fraction of sp³-hybridized carbons (Fsp3) is 0.0943. The van der Waals surface area contributed by atoms with Gasteiger partial charge in [0.15, 0.2) is 0 Å². The van der Waals surface area contributed by atoms with E-state index in [4.69, 9.17) is 5.73 Å². The molecule has 0 amide bonds. The molecule has 1 aliphatic rings. The lowest BCUT2D eigenvalue weighted by Crippen LogP contribution is -2.31. The molecular weight excluding hydrogens is 697 g/mol. The molecule has 8 aromatic carbocycles. The zero-order valence-electron chi connectivity index (χ0n) is 31.5. The third-order valence-electron chi connectivity index (χ3n) is 11.8. The first kappa shape index (κ1) is 34.4. The van der Waals surface area contributed by atoms with Gasteiger partial charge in [-0.2, -0.15) is 0 Å². The van der Waals surface area contributed by atoms with Crippen LogP contribution in [-0.2, 0) is 5.41 Å². The van der Waals surface area contributed by atoms with E-state index < -0.39 is 0 Å². The van der Waals surface area contributed by atoms with Gasteiger partial charge in [0.05, 0.1) is 12.2 Å². The lowest BCUT2D eigenvalue weighted by molar-refractivity contribution is 0.509. The number of nitrogens with two attached hydrogens (primary N) is 1. The lowest BCUT2D eigenvalue weighted by Gasteiger charge is -2.22.